The Labute approximate surface area is 179 Å². The van der Waals surface area contributed by atoms with E-state index in [1.165, 1.54) is 12.1 Å². The first-order valence-corrected chi connectivity index (χ1v) is 10.6. The number of aryl methyl sites for hydroxylation is 1. The van der Waals surface area contributed by atoms with Crippen LogP contribution in [0.1, 0.15) is 29.3 Å². The fraction of sp³-hybridized carbons (Fsp3) is 0.375. The SMILES string of the molecule is CCn1cc(C(=O)CCN2CCN(c3cccc(C(F)(F)F)c3)CC2)c2ccccc21. The summed E-state index contributed by atoms with van der Waals surface area (Å²) in [5, 5.41) is 0.990. The first-order chi connectivity index (χ1) is 14.9. The second-order valence-electron chi connectivity index (χ2n) is 7.90. The van der Waals surface area contributed by atoms with Crippen LogP contribution in [0, 0.1) is 0 Å². The van der Waals surface area contributed by atoms with Gasteiger partial charge in [0.25, 0.3) is 0 Å². The number of piperazine rings is 1. The zero-order valence-corrected chi connectivity index (χ0v) is 17.5. The van der Waals surface area contributed by atoms with Crippen LogP contribution in [0.4, 0.5) is 18.9 Å². The fourth-order valence-electron chi connectivity index (χ4n) is 4.23. The van der Waals surface area contributed by atoms with E-state index in [9.17, 15) is 18.0 Å². The Bertz CT molecular complexity index is 1070. The summed E-state index contributed by atoms with van der Waals surface area (Å²) in [6, 6.07) is 13.4. The van der Waals surface area contributed by atoms with Crippen LogP contribution in [-0.4, -0.2) is 48.0 Å². The molecule has 2 heterocycles. The van der Waals surface area contributed by atoms with Crippen LogP contribution in [0.5, 0.6) is 0 Å². The van der Waals surface area contributed by atoms with Crippen molar-refractivity contribution in [3.63, 3.8) is 0 Å². The predicted molar refractivity (Wildman–Crippen MR) is 117 cm³/mol. The molecular formula is C24H26F3N3O. The molecule has 0 unspecified atom stereocenters. The number of Topliss-reactive ketones (excluding diaryl/α,β-unsaturated/α-hetero) is 1. The topological polar surface area (TPSA) is 28.5 Å². The minimum absolute atomic E-state index is 0.128. The minimum atomic E-state index is -4.33. The number of carbonyl (C=O) groups is 1. The molecule has 3 aromatic rings. The highest BCUT2D eigenvalue weighted by Gasteiger charge is 2.31. The van der Waals surface area contributed by atoms with Crippen LogP contribution in [0.15, 0.2) is 54.7 Å². The number of fused-ring (bicyclic) bond motifs is 1. The number of anilines is 1. The lowest BCUT2D eigenvalue weighted by molar-refractivity contribution is -0.137. The standard InChI is InChI=1S/C24H26F3N3O/c1-2-29-17-21(20-8-3-4-9-22(20)29)23(31)10-11-28-12-14-30(15-13-28)19-7-5-6-18(16-19)24(25,26)27/h3-9,16-17H,2,10-15H2,1H3. The predicted octanol–water partition coefficient (Wildman–Crippen LogP) is 5.08. The summed E-state index contributed by atoms with van der Waals surface area (Å²) in [6.45, 7) is 6.26. The molecule has 31 heavy (non-hydrogen) atoms. The number of ketones is 1. The molecule has 1 aliphatic heterocycles. The number of rotatable bonds is 6. The van der Waals surface area contributed by atoms with Gasteiger partial charge in [0.2, 0.25) is 0 Å². The molecule has 0 aliphatic carbocycles. The lowest BCUT2D eigenvalue weighted by atomic mass is 10.1. The first-order valence-electron chi connectivity index (χ1n) is 10.6. The van der Waals surface area contributed by atoms with Crippen LogP contribution in [0.25, 0.3) is 10.9 Å². The molecular weight excluding hydrogens is 403 g/mol. The molecule has 1 fully saturated rings. The van der Waals surface area contributed by atoms with Gasteiger partial charge in [0.15, 0.2) is 5.78 Å². The van der Waals surface area contributed by atoms with Crippen molar-refractivity contribution in [1.29, 1.82) is 0 Å². The summed E-state index contributed by atoms with van der Waals surface area (Å²) in [4.78, 5) is 17.1. The number of benzene rings is 2. The summed E-state index contributed by atoms with van der Waals surface area (Å²) in [5.74, 6) is 0.128. The van der Waals surface area contributed by atoms with Crippen LogP contribution >= 0.6 is 0 Å². The van der Waals surface area contributed by atoms with Crippen LogP contribution in [0.2, 0.25) is 0 Å². The van der Waals surface area contributed by atoms with Crippen molar-refractivity contribution in [2.75, 3.05) is 37.6 Å². The van der Waals surface area contributed by atoms with E-state index in [0.717, 1.165) is 42.2 Å². The summed E-state index contributed by atoms with van der Waals surface area (Å²) < 4.78 is 41.0. The second-order valence-corrected chi connectivity index (χ2v) is 7.90. The van der Waals surface area contributed by atoms with E-state index in [4.69, 9.17) is 0 Å². The smallest absolute Gasteiger partial charge is 0.369 e. The van der Waals surface area contributed by atoms with Gasteiger partial charge < -0.3 is 9.47 Å². The zero-order chi connectivity index (χ0) is 22.0. The summed E-state index contributed by atoms with van der Waals surface area (Å²) in [6.07, 6.45) is -1.96. The maximum absolute atomic E-state index is 13.0. The fourth-order valence-corrected chi connectivity index (χ4v) is 4.23. The Hall–Kier alpha value is -2.80. The Morgan fingerprint density at radius 1 is 1.00 bits per heavy atom. The van der Waals surface area contributed by atoms with Gasteiger partial charge in [-0.05, 0) is 31.2 Å². The average molecular weight is 429 g/mol. The Kier molecular flexibility index (Phi) is 6.05. The van der Waals surface area contributed by atoms with Crippen molar-refractivity contribution >= 4 is 22.4 Å². The molecule has 2 aromatic carbocycles. The summed E-state index contributed by atoms with van der Waals surface area (Å²) in [7, 11) is 0. The van der Waals surface area contributed by atoms with Crippen molar-refractivity contribution in [3.8, 4) is 0 Å². The molecule has 0 saturated carbocycles. The lowest BCUT2D eigenvalue weighted by Crippen LogP contribution is -2.47. The third-order valence-corrected chi connectivity index (χ3v) is 6.00. The molecule has 7 heteroatoms. The van der Waals surface area contributed by atoms with E-state index >= 15 is 0 Å². The number of aromatic nitrogens is 1. The highest BCUT2D eigenvalue weighted by atomic mass is 19.4. The van der Waals surface area contributed by atoms with Gasteiger partial charge in [-0.3, -0.25) is 9.69 Å². The van der Waals surface area contributed by atoms with Crippen LogP contribution in [-0.2, 0) is 12.7 Å². The van der Waals surface area contributed by atoms with Gasteiger partial charge in [-0.1, -0.05) is 24.3 Å². The number of hydrogen-bond acceptors (Lipinski definition) is 3. The van der Waals surface area contributed by atoms with E-state index in [-0.39, 0.29) is 5.78 Å². The second kappa shape index (κ2) is 8.75. The number of nitrogens with zero attached hydrogens (tertiary/aromatic N) is 3. The van der Waals surface area contributed by atoms with Gasteiger partial charge in [-0.25, -0.2) is 0 Å². The van der Waals surface area contributed by atoms with Gasteiger partial charge in [0, 0.05) is 74.0 Å². The Morgan fingerprint density at radius 3 is 2.45 bits per heavy atom. The third-order valence-electron chi connectivity index (χ3n) is 6.00. The highest BCUT2D eigenvalue weighted by Crippen LogP contribution is 2.32. The molecule has 0 spiro atoms. The van der Waals surface area contributed by atoms with Gasteiger partial charge >= 0.3 is 6.18 Å². The molecule has 4 nitrogen and oxygen atoms in total. The molecule has 1 saturated heterocycles. The Balaban J connectivity index is 1.35. The molecule has 1 aromatic heterocycles. The van der Waals surface area contributed by atoms with Crippen molar-refractivity contribution in [3.05, 3.63) is 65.9 Å². The molecule has 0 radical (unpaired) electrons. The van der Waals surface area contributed by atoms with E-state index in [2.05, 4.69) is 16.4 Å². The highest BCUT2D eigenvalue weighted by molar-refractivity contribution is 6.08. The zero-order valence-electron chi connectivity index (χ0n) is 17.5. The van der Waals surface area contributed by atoms with Crippen molar-refractivity contribution in [2.45, 2.75) is 26.1 Å². The van der Waals surface area contributed by atoms with E-state index < -0.39 is 11.7 Å². The van der Waals surface area contributed by atoms with E-state index in [1.807, 2.05) is 35.4 Å². The van der Waals surface area contributed by atoms with E-state index in [1.54, 1.807) is 6.07 Å². The quantitative estimate of drug-likeness (QED) is 0.512. The van der Waals surface area contributed by atoms with Crippen LogP contribution in [0.3, 0.4) is 0 Å². The van der Waals surface area contributed by atoms with Crippen molar-refractivity contribution in [2.24, 2.45) is 0 Å². The summed E-state index contributed by atoms with van der Waals surface area (Å²) in [5.41, 5.74) is 1.81. The van der Waals surface area contributed by atoms with Crippen molar-refractivity contribution in [1.82, 2.24) is 9.47 Å². The number of alkyl halides is 3. The molecule has 0 amide bonds. The molecule has 164 valence electrons. The number of para-hydroxylation sites is 1. The van der Waals surface area contributed by atoms with Gasteiger partial charge in [0.05, 0.1) is 5.56 Å². The van der Waals surface area contributed by atoms with E-state index in [0.29, 0.717) is 31.7 Å². The first kappa shape index (κ1) is 21.4. The molecule has 0 atom stereocenters. The number of hydrogen-bond donors (Lipinski definition) is 0. The molecule has 0 N–H and O–H groups in total. The largest absolute Gasteiger partial charge is 0.416 e. The number of carbonyl (C=O) groups excluding carboxylic acids is 1. The Morgan fingerprint density at radius 2 is 1.74 bits per heavy atom. The lowest BCUT2D eigenvalue weighted by Gasteiger charge is -2.36. The van der Waals surface area contributed by atoms with Gasteiger partial charge in [-0.2, -0.15) is 13.2 Å². The maximum Gasteiger partial charge on any atom is 0.416 e. The van der Waals surface area contributed by atoms with Gasteiger partial charge in [0.1, 0.15) is 0 Å². The number of halogens is 3. The maximum atomic E-state index is 13.0. The van der Waals surface area contributed by atoms with Crippen LogP contribution < -0.4 is 4.90 Å². The average Bonchev–Trinajstić information content (AvgIpc) is 3.16. The molecule has 1 aliphatic rings. The van der Waals surface area contributed by atoms with Gasteiger partial charge in [-0.15, -0.1) is 0 Å². The minimum Gasteiger partial charge on any atom is -0.369 e. The summed E-state index contributed by atoms with van der Waals surface area (Å²) >= 11 is 0. The normalized spacial score (nSPS) is 15.5. The third kappa shape index (κ3) is 4.61. The van der Waals surface area contributed by atoms with Crippen molar-refractivity contribution < 1.29 is 18.0 Å². The monoisotopic (exact) mass is 429 g/mol. The molecule has 0 bridgehead atoms. The molecule has 4 rings (SSSR count).